The normalized spacial score (nSPS) is 10.5. The van der Waals surface area contributed by atoms with Gasteiger partial charge in [0.25, 0.3) is 5.91 Å². The van der Waals surface area contributed by atoms with Crippen LogP contribution in [0.15, 0.2) is 43.0 Å². The molecule has 2 N–H and O–H groups in total. The molecule has 0 saturated carbocycles. The molecule has 2 heterocycles. The summed E-state index contributed by atoms with van der Waals surface area (Å²) in [5, 5.41) is 6.18. The zero-order chi connectivity index (χ0) is 15.8. The summed E-state index contributed by atoms with van der Waals surface area (Å²) < 4.78 is 0. The van der Waals surface area contributed by atoms with Gasteiger partial charge >= 0.3 is 0 Å². The number of carbonyl (C=O) groups is 1. The third kappa shape index (κ3) is 5.16. The van der Waals surface area contributed by atoms with Crippen LogP contribution in [0.25, 0.3) is 0 Å². The minimum Gasteiger partial charge on any atom is -0.384 e. The van der Waals surface area contributed by atoms with Crippen LogP contribution in [0, 0.1) is 5.92 Å². The Morgan fingerprint density at radius 1 is 1.18 bits per heavy atom. The summed E-state index contributed by atoms with van der Waals surface area (Å²) in [5.74, 6) is 0.518. The second-order valence-electron chi connectivity index (χ2n) is 5.61. The average Bonchev–Trinajstić information content (AvgIpc) is 2.53. The number of aromatic nitrogens is 2. The number of pyridine rings is 2. The molecule has 0 aliphatic rings. The zero-order valence-electron chi connectivity index (χ0n) is 13.0. The molecule has 0 atom stereocenters. The van der Waals surface area contributed by atoms with Crippen molar-refractivity contribution in [3.05, 3.63) is 54.1 Å². The summed E-state index contributed by atoms with van der Waals surface area (Å²) in [4.78, 5) is 20.2. The van der Waals surface area contributed by atoms with Crippen molar-refractivity contribution < 1.29 is 4.79 Å². The van der Waals surface area contributed by atoms with Gasteiger partial charge in [0.05, 0.1) is 11.3 Å². The summed E-state index contributed by atoms with van der Waals surface area (Å²) in [6, 6.07) is 5.58. The molecule has 0 unspecified atom stereocenters. The molecule has 1 amide bonds. The molecule has 0 spiro atoms. The van der Waals surface area contributed by atoms with E-state index in [0.29, 0.717) is 18.0 Å². The quantitative estimate of drug-likeness (QED) is 0.825. The van der Waals surface area contributed by atoms with Crippen LogP contribution in [0.5, 0.6) is 0 Å². The van der Waals surface area contributed by atoms with Gasteiger partial charge in [-0.3, -0.25) is 14.8 Å². The van der Waals surface area contributed by atoms with E-state index in [-0.39, 0.29) is 5.91 Å². The Balaban J connectivity index is 1.89. The van der Waals surface area contributed by atoms with Crippen molar-refractivity contribution in [1.29, 1.82) is 0 Å². The molecule has 5 nitrogen and oxygen atoms in total. The van der Waals surface area contributed by atoms with Crippen LogP contribution in [0.4, 0.5) is 5.69 Å². The summed E-state index contributed by atoms with van der Waals surface area (Å²) in [5.41, 5.74) is 2.45. The van der Waals surface area contributed by atoms with E-state index < -0.39 is 0 Å². The van der Waals surface area contributed by atoms with Crippen LogP contribution < -0.4 is 10.6 Å². The largest absolute Gasteiger partial charge is 0.384 e. The van der Waals surface area contributed by atoms with E-state index in [1.54, 1.807) is 24.8 Å². The fourth-order valence-corrected chi connectivity index (χ4v) is 1.95. The first-order valence-corrected chi connectivity index (χ1v) is 7.51. The van der Waals surface area contributed by atoms with Crippen molar-refractivity contribution in [2.45, 2.75) is 26.8 Å². The predicted octanol–water partition coefficient (Wildman–Crippen LogP) is 2.86. The van der Waals surface area contributed by atoms with Crippen molar-refractivity contribution in [3.8, 4) is 0 Å². The molecule has 116 valence electrons. The van der Waals surface area contributed by atoms with Crippen LogP contribution >= 0.6 is 0 Å². The predicted molar refractivity (Wildman–Crippen MR) is 87.6 cm³/mol. The summed E-state index contributed by atoms with van der Waals surface area (Å²) in [6.07, 6.45) is 7.82. The number of nitrogens with one attached hydrogen (secondary N) is 2. The number of nitrogens with zero attached hydrogens (tertiary/aromatic N) is 2. The molecule has 22 heavy (non-hydrogen) atoms. The highest BCUT2D eigenvalue weighted by atomic mass is 16.1. The maximum atomic E-state index is 12.2. The maximum absolute atomic E-state index is 12.2. The van der Waals surface area contributed by atoms with Gasteiger partial charge < -0.3 is 10.6 Å². The van der Waals surface area contributed by atoms with Crippen LogP contribution in [0.2, 0.25) is 0 Å². The molecule has 0 fully saturated rings. The molecule has 5 heteroatoms. The minimum atomic E-state index is -0.128. The fraction of sp³-hybridized carbons (Fsp3) is 0.353. The standard InChI is InChI=1S/C17H22N4O/c1-13(2)3-8-20-16-9-15(11-19-12-16)17(22)21-10-14-4-6-18-7-5-14/h4-7,9,11-13,20H,3,8,10H2,1-2H3,(H,21,22). The second-order valence-corrected chi connectivity index (χ2v) is 5.61. The number of anilines is 1. The van der Waals surface area contributed by atoms with E-state index >= 15 is 0 Å². The first-order valence-electron chi connectivity index (χ1n) is 7.51. The van der Waals surface area contributed by atoms with Gasteiger partial charge in [-0.15, -0.1) is 0 Å². The summed E-state index contributed by atoms with van der Waals surface area (Å²) in [6.45, 7) is 5.72. The molecule has 2 aromatic heterocycles. The lowest BCUT2D eigenvalue weighted by molar-refractivity contribution is 0.0950. The number of rotatable bonds is 7. The maximum Gasteiger partial charge on any atom is 0.253 e. The van der Waals surface area contributed by atoms with Crippen molar-refractivity contribution in [2.24, 2.45) is 5.92 Å². The molecular weight excluding hydrogens is 276 g/mol. The van der Waals surface area contributed by atoms with E-state index in [9.17, 15) is 4.79 Å². The van der Waals surface area contributed by atoms with Crippen LogP contribution in [0.1, 0.15) is 36.2 Å². The zero-order valence-corrected chi connectivity index (χ0v) is 13.0. The topological polar surface area (TPSA) is 66.9 Å². The number of hydrogen-bond acceptors (Lipinski definition) is 4. The van der Waals surface area contributed by atoms with E-state index in [0.717, 1.165) is 24.2 Å². The van der Waals surface area contributed by atoms with Gasteiger partial charge in [0.1, 0.15) is 0 Å². The molecule has 0 aliphatic heterocycles. The van der Waals surface area contributed by atoms with Gasteiger partial charge in [0, 0.05) is 37.9 Å². The van der Waals surface area contributed by atoms with Crippen molar-refractivity contribution >= 4 is 11.6 Å². The highest BCUT2D eigenvalue weighted by Crippen LogP contribution is 2.10. The Kier molecular flexibility index (Phi) is 5.89. The fourth-order valence-electron chi connectivity index (χ4n) is 1.95. The average molecular weight is 298 g/mol. The Morgan fingerprint density at radius 2 is 1.95 bits per heavy atom. The smallest absolute Gasteiger partial charge is 0.253 e. The van der Waals surface area contributed by atoms with E-state index in [1.165, 1.54) is 0 Å². The lowest BCUT2D eigenvalue weighted by Gasteiger charge is -2.09. The molecule has 0 aromatic carbocycles. The van der Waals surface area contributed by atoms with E-state index in [2.05, 4.69) is 34.4 Å². The molecule has 0 saturated heterocycles. The number of carbonyl (C=O) groups excluding carboxylic acids is 1. The minimum absolute atomic E-state index is 0.128. The Morgan fingerprint density at radius 3 is 2.68 bits per heavy atom. The lowest BCUT2D eigenvalue weighted by Crippen LogP contribution is -2.23. The first kappa shape index (κ1) is 15.9. The summed E-state index contributed by atoms with van der Waals surface area (Å²) >= 11 is 0. The molecule has 2 aromatic rings. The SMILES string of the molecule is CC(C)CCNc1cncc(C(=O)NCc2ccncc2)c1. The molecule has 2 rings (SSSR count). The van der Waals surface area contributed by atoms with Crippen molar-refractivity contribution in [3.63, 3.8) is 0 Å². The molecule has 0 radical (unpaired) electrons. The third-order valence-electron chi connectivity index (χ3n) is 3.25. The van der Waals surface area contributed by atoms with Gasteiger partial charge in [0.2, 0.25) is 0 Å². The van der Waals surface area contributed by atoms with Gasteiger partial charge in [-0.05, 0) is 36.1 Å². The monoisotopic (exact) mass is 298 g/mol. The van der Waals surface area contributed by atoms with E-state index in [4.69, 9.17) is 0 Å². The number of amides is 1. The lowest BCUT2D eigenvalue weighted by atomic mass is 10.1. The Labute approximate surface area is 131 Å². The third-order valence-corrected chi connectivity index (χ3v) is 3.25. The van der Waals surface area contributed by atoms with Crippen LogP contribution in [0.3, 0.4) is 0 Å². The summed E-state index contributed by atoms with van der Waals surface area (Å²) in [7, 11) is 0. The van der Waals surface area contributed by atoms with Gasteiger partial charge in [-0.1, -0.05) is 13.8 Å². The Bertz CT molecular complexity index is 599. The van der Waals surface area contributed by atoms with Crippen LogP contribution in [-0.4, -0.2) is 22.4 Å². The highest BCUT2D eigenvalue weighted by Gasteiger charge is 2.07. The van der Waals surface area contributed by atoms with Gasteiger partial charge in [-0.2, -0.15) is 0 Å². The van der Waals surface area contributed by atoms with E-state index in [1.807, 2.05) is 18.2 Å². The number of hydrogen-bond donors (Lipinski definition) is 2. The van der Waals surface area contributed by atoms with Crippen molar-refractivity contribution in [2.75, 3.05) is 11.9 Å². The van der Waals surface area contributed by atoms with Gasteiger partial charge in [-0.25, -0.2) is 0 Å². The van der Waals surface area contributed by atoms with Gasteiger partial charge in [0.15, 0.2) is 0 Å². The molecular formula is C17H22N4O. The first-order chi connectivity index (χ1) is 10.6. The van der Waals surface area contributed by atoms with Crippen LogP contribution in [-0.2, 0) is 6.54 Å². The Hall–Kier alpha value is -2.43. The highest BCUT2D eigenvalue weighted by molar-refractivity contribution is 5.94. The molecule has 0 aliphatic carbocycles. The molecule has 0 bridgehead atoms. The second kappa shape index (κ2) is 8.12. The van der Waals surface area contributed by atoms with Crippen molar-refractivity contribution in [1.82, 2.24) is 15.3 Å².